The van der Waals surface area contributed by atoms with Gasteiger partial charge in [0.05, 0.1) is 6.61 Å². The Bertz CT molecular complexity index is 530. The first-order valence-corrected chi connectivity index (χ1v) is 6.49. The molecule has 6 nitrogen and oxygen atoms in total. The van der Waals surface area contributed by atoms with Gasteiger partial charge in [-0.05, 0) is 24.3 Å². The van der Waals surface area contributed by atoms with Crippen molar-refractivity contribution in [2.75, 3.05) is 26.9 Å². The molecule has 21 heavy (non-hydrogen) atoms. The largest absolute Gasteiger partial charge is 0.483 e. The summed E-state index contributed by atoms with van der Waals surface area (Å²) in [4.78, 5) is 22.1. The summed E-state index contributed by atoms with van der Waals surface area (Å²) in [5.74, 6) is -1.01. The van der Waals surface area contributed by atoms with Crippen molar-refractivity contribution in [3.63, 3.8) is 0 Å². The Balaban J connectivity index is 2.65. The third-order valence-corrected chi connectivity index (χ3v) is 2.60. The summed E-state index contributed by atoms with van der Waals surface area (Å²) in [6.45, 7) is 0.629. The maximum Gasteiger partial charge on any atom is 0.328 e. The molecular formula is C14H16ClNO5. The summed E-state index contributed by atoms with van der Waals surface area (Å²) < 4.78 is 10.2. The second-order valence-electron chi connectivity index (χ2n) is 3.99. The number of hydrogen-bond acceptors (Lipinski definition) is 4. The van der Waals surface area contributed by atoms with Crippen molar-refractivity contribution >= 4 is 29.6 Å². The van der Waals surface area contributed by atoms with Crippen LogP contribution >= 0.6 is 11.6 Å². The van der Waals surface area contributed by atoms with Crippen molar-refractivity contribution < 1.29 is 24.2 Å². The second kappa shape index (κ2) is 8.99. The number of carbonyl (C=O) groups is 2. The van der Waals surface area contributed by atoms with Gasteiger partial charge in [-0.25, -0.2) is 4.79 Å². The lowest BCUT2D eigenvalue weighted by molar-refractivity contribution is -0.131. The molecule has 0 spiro atoms. The fourth-order valence-electron chi connectivity index (χ4n) is 1.43. The zero-order chi connectivity index (χ0) is 15.7. The quantitative estimate of drug-likeness (QED) is 0.562. The summed E-state index contributed by atoms with van der Waals surface area (Å²) in [5.41, 5.74) is 0.481. The number of amides is 1. The third kappa shape index (κ3) is 6.78. The van der Waals surface area contributed by atoms with E-state index >= 15 is 0 Å². The van der Waals surface area contributed by atoms with E-state index in [-0.39, 0.29) is 12.5 Å². The van der Waals surface area contributed by atoms with Crippen molar-refractivity contribution in [1.29, 1.82) is 0 Å². The van der Waals surface area contributed by atoms with E-state index in [0.717, 1.165) is 6.08 Å². The molecule has 0 heterocycles. The van der Waals surface area contributed by atoms with Crippen LogP contribution in [0, 0.1) is 0 Å². The van der Waals surface area contributed by atoms with Gasteiger partial charge in [-0.2, -0.15) is 0 Å². The standard InChI is InChI=1S/C14H16ClNO5/c1-20-7-6-16-13(17)9-21-12-4-3-11(15)8-10(12)2-5-14(18)19/h2-5,8H,6-7,9H2,1H3,(H,16,17)(H,18,19). The highest BCUT2D eigenvalue weighted by molar-refractivity contribution is 6.30. The van der Waals surface area contributed by atoms with Crippen LogP contribution in [0.15, 0.2) is 24.3 Å². The van der Waals surface area contributed by atoms with Crippen molar-refractivity contribution in [3.8, 4) is 5.75 Å². The maximum absolute atomic E-state index is 11.5. The van der Waals surface area contributed by atoms with Crippen molar-refractivity contribution in [2.24, 2.45) is 0 Å². The summed E-state index contributed by atoms with van der Waals surface area (Å²) in [6.07, 6.45) is 2.32. The van der Waals surface area contributed by atoms with E-state index in [1.807, 2.05) is 0 Å². The van der Waals surface area contributed by atoms with Crippen LogP contribution in [0.3, 0.4) is 0 Å². The van der Waals surface area contributed by atoms with E-state index in [4.69, 9.17) is 26.2 Å². The first-order chi connectivity index (χ1) is 10.0. The fraction of sp³-hybridized carbons (Fsp3) is 0.286. The number of methoxy groups -OCH3 is 1. The molecule has 1 amide bonds. The molecule has 0 fully saturated rings. The number of carboxylic acid groups (broad SMARTS) is 1. The minimum absolute atomic E-state index is 0.181. The first kappa shape index (κ1) is 17.0. The van der Waals surface area contributed by atoms with E-state index in [1.165, 1.54) is 13.2 Å². The van der Waals surface area contributed by atoms with Crippen molar-refractivity contribution in [1.82, 2.24) is 5.32 Å². The minimum atomic E-state index is -1.08. The van der Waals surface area contributed by atoms with Gasteiger partial charge in [0.15, 0.2) is 6.61 Å². The van der Waals surface area contributed by atoms with Gasteiger partial charge in [0.2, 0.25) is 0 Å². The average molecular weight is 314 g/mol. The van der Waals surface area contributed by atoms with Crippen molar-refractivity contribution in [3.05, 3.63) is 34.9 Å². The monoisotopic (exact) mass is 313 g/mol. The highest BCUT2D eigenvalue weighted by Gasteiger charge is 2.06. The van der Waals surface area contributed by atoms with Crippen LogP contribution in [0.5, 0.6) is 5.75 Å². The molecule has 0 aromatic heterocycles. The number of aliphatic carboxylic acids is 1. The van der Waals surface area contributed by atoms with Crippen LogP contribution in [0.4, 0.5) is 0 Å². The van der Waals surface area contributed by atoms with E-state index in [0.29, 0.717) is 29.5 Å². The van der Waals surface area contributed by atoms with Gasteiger partial charge in [-0.3, -0.25) is 4.79 Å². The predicted octanol–water partition coefficient (Wildman–Crippen LogP) is 1.58. The molecule has 0 saturated heterocycles. The molecule has 7 heteroatoms. The van der Waals surface area contributed by atoms with E-state index in [2.05, 4.69) is 5.32 Å². The number of benzene rings is 1. The van der Waals surface area contributed by atoms with E-state index in [9.17, 15) is 9.59 Å². The molecular weight excluding hydrogens is 298 g/mol. The highest BCUT2D eigenvalue weighted by Crippen LogP contribution is 2.24. The Morgan fingerprint density at radius 2 is 2.19 bits per heavy atom. The maximum atomic E-state index is 11.5. The molecule has 2 N–H and O–H groups in total. The smallest absolute Gasteiger partial charge is 0.328 e. The first-order valence-electron chi connectivity index (χ1n) is 6.12. The zero-order valence-electron chi connectivity index (χ0n) is 11.5. The summed E-state index contributed by atoms with van der Waals surface area (Å²) in [5, 5.41) is 11.7. The molecule has 0 atom stereocenters. The number of carboxylic acids is 1. The number of rotatable bonds is 8. The molecule has 0 aliphatic rings. The zero-order valence-corrected chi connectivity index (χ0v) is 12.2. The Labute approximate surface area is 127 Å². The molecule has 1 aromatic carbocycles. The molecule has 1 aromatic rings. The Morgan fingerprint density at radius 3 is 2.86 bits per heavy atom. The Hall–Kier alpha value is -2.05. The Morgan fingerprint density at radius 1 is 1.43 bits per heavy atom. The molecule has 0 aliphatic carbocycles. The topological polar surface area (TPSA) is 84.9 Å². The van der Waals surface area contributed by atoms with E-state index < -0.39 is 5.97 Å². The van der Waals surface area contributed by atoms with Gasteiger partial charge >= 0.3 is 5.97 Å². The van der Waals surface area contributed by atoms with Crippen LogP contribution in [-0.4, -0.2) is 43.9 Å². The van der Waals surface area contributed by atoms with Gasteiger partial charge in [-0.15, -0.1) is 0 Å². The van der Waals surface area contributed by atoms with Crippen LogP contribution < -0.4 is 10.1 Å². The minimum Gasteiger partial charge on any atom is -0.483 e. The van der Waals surface area contributed by atoms with E-state index in [1.54, 1.807) is 18.2 Å². The van der Waals surface area contributed by atoms with Crippen LogP contribution in [0.2, 0.25) is 5.02 Å². The van der Waals surface area contributed by atoms with Crippen LogP contribution in [0.25, 0.3) is 6.08 Å². The van der Waals surface area contributed by atoms with Gasteiger partial charge in [0.25, 0.3) is 5.91 Å². The summed E-state index contributed by atoms with van der Waals surface area (Å²) >= 11 is 5.85. The summed E-state index contributed by atoms with van der Waals surface area (Å²) in [7, 11) is 1.54. The van der Waals surface area contributed by atoms with Gasteiger partial charge in [0, 0.05) is 30.3 Å². The number of nitrogens with one attached hydrogen (secondary N) is 1. The number of carbonyl (C=O) groups excluding carboxylic acids is 1. The molecule has 0 radical (unpaired) electrons. The predicted molar refractivity (Wildman–Crippen MR) is 78.5 cm³/mol. The van der Waals surface area contributed by atoms with Crippen molar-refractivity contribution in [2.45, 2.75) is 0 Å². The average Bonchev–Trinajstić information content (AvgIpc) is 2.44. The molecule has 0 aliphatic heterocycles. The molecule has 0 saturated carbocycles. The van der Waals surface area contributed by atoms with Crippen LogP contribution in [-0.2, 0) is 14.3 Å². The normalized spacial score (nSPS) is 10.6. The third-order valence-electron chi connectivity index (χ3n) is 2.36. The van der Waals surface area contributed by atoms with Gasteiger partial charge in [0.1, 0.15) is 5.75 Å². The van der Waals surface area contributed by atoms with Gasteiger partial charge < -0.3 is 19.9 Å². The highest BCUT2D eigenvalue weighted by atomic mass is 35.5. The lowest BCUT2D eigenvalue weighted by Crippen LogP contribution is -2.31. The molecule has 1 rings (SSSR count). The molecule has 0 unspecified atom stereocenters. The second-order valence-corrected chi connectivity index (χ2v) is 4.42. The fourth-order valence-corrected chi connectivity index (χ4v) is 1.61. The molecule has 114 valence electrons. The Kier molecular flexibility index (Phi) is 7.28. The lowest BCUT2D eigenvalue weighted by atomic mass is 10.2. The lowest BCUT2D eigenvalue weighted by Gasteiger charge is -2.10. The van der Waals surface area contributed by atoms with Crippen LogP contribution in [0.1, 0.15) is 5.56 Å². The number of hydrogen-bond donors (Lipinski definition) is 2. The SMILES string of the molecule is COCCNC(=O)COc1ccc(Cl)cc1C=CC(=O)O. The number of halogens is 1. The van der Waals surface area contributed by atoms with Gasteiger partial charge in [-0.1, -0.05) is 11.6 Å². The summed E-state index contributed by atoms with van der Waals surface area (Å²) in [6, 6.07) is 4.73. The number of ether oxygens (including phenoxy) is 2. The molecule has 0 bridgehead atoms.